The van der Waals surface area contributed by atoms with Crippen molar-refractivity contribution in [1.82, 2.24) is 24.1 Å². The zero-order valence-corrected chi connectivity index (χ0v) is 29.1. The van der Waals surface area contributed by atoms with Crippen molar-refractivity contribution in [2.75, 3.05) is 0 Å². The first-order valence-electron chi connectivity index (χ1n) is 18.2. The molecule has 252 valence electrons. The van der Waals surface area contributed by atoms with Crippen LogP contribution in [0.25, 0.3) is 99.9 Å². The molecule has 11 rings (SSSR count). The monoisotopic (exact) mass is 689 g/mol. The van der Waals surface area contributed by atoms with E-state index < -0.39 is 0 Å². The average molecular weight is 690 g/mol. The Kier molecular flexibility index (Phi) is 6.79. The van der Waals surface area contributed by atoms with Gasteiger partial charge in [-0.05, 0) is 65.4 Å². The molecule has 0 aliphatic heterocycles. The molecule has 0 unspecified atom stereocenters. The van der Waals surface area contributed by atoms with Crippen LogP contribution in [0.3, 0.4) is 0 Å². The largest absolute Gasteiger partial charge is 0.309 e. The lowest BCUT2D eigenvalue weighted by molar-refractivity contribution is 1.07. The van der Waals surface area contributed by atoms with Gasteiger partial charge in [-0.3, -0.25) is 0 Å². The van der Waals surface area contributed by atoms with Crippen molar-refractivity contribution >= 4 is 54.4 Å². The number of para-hydroxylation sites is 3. The van der Waals surface area contributed by atoms with Gasteiger partial charge in [0.1, 0.15) is 0 Å². The van der Waals surface area contributed by atoms with E-state index in [0.29, 0.717) is 17.5 Å². The summed E-state index contributed by atoms with van der Waals surface area (Å²) in [4.78, 5) is 15.6. The first kappa shape index (κ1) is 30.3. The van der Waals surface area contributed by atoms with Crippen molar-refractivity contribution in [3.63, 3.8) is 0 Å². The Morgan fingerprint density at radius 1 is 0.315 bits per heavy atom. The highest BCUT2D eigenvalue weighted by Gasteiger charge is 2.20. The maximum absolute atomic E-state index is 5.29. The van der Waals surface area contributed by atoms with Crippen LogP contribution in [-0.2, 0) is 0 Å². The molecule has 0 N–H and O–H groups in total. The predicted molar refractivity (Wildman–Crippen MR) is 222 cm³/mol. The van der Waals surface area contributed by atoms with Crippen LogP contribution in [0, 0.1) is 0 Å². The lowest BCUT2D eigenvalue weighted by Crippen LogP contribution is -2.01. The van der Waals surface area contributed by atoms with Crippen LogP contribution in [0.4, 0.5) is 0 Å². The minimum absolute atomic E-state index is 0.621. The van der Waals surface area contributed by atoms with Crippen molar-refractivity contribution in [2.45, 2.75) is 0 Å². The van der Waals surface area contributed by atoms with Crippen LogP contribution >= 0.6 is 0 Å². The molecule has 0 amide bonds. The normalized spacial score (nSPS) is 11.7. The lowest BCUT2D eigenvalue weighted by atomic mass is 10.1. The second-order valence-corrected chi connectivity index (χ2v) is 13.7. The van der Waals surface area contributed by atoms with E-state index in [9.17, 15) is 0 Å². The molecule has 5 heteroatoms. The van der Waals surface area contributed by atoms with E-state index in [0.717, 1.165) is 60.9 Å². The molecule has 0 aliphatic rings. The standard InChI is InChI=1S/C49H31N5/c1-3-15-32(16-4-1)47-50-48(52-49(51-47)40-25-14-28-44-46(40)39-24-10-12-27-43(39)53(44)36-20-5-2-6-21-36)35-19-13-22-37(29-35)54-42-26-11-9-23-38(42)41-30-33-17-7-8-18-34(33)31-45(41)54/h1-31H. The Balaban J connectivity index is 1.15. The number of rotatable bonds is 5. The number of nitrogens with zero attached hydrogens (tertiary/aromatic N) is 5. The van der Waals surface area contributed by atoms with Crippen LogP contribution in [0.2, 0.25) is 0 Å². The number of hydrogen-bond donors (Lipinski definition) is 0. The molecule has 0 radical (unpaired) electrons. The summed E-state index contributed by atoms with van der Waals surface area (Å²) in [5, 5.41) is 7.15. The van der Waals surface area contributed by atoms with Gasteiger partial charge in [0.2, 0.25) is 0 Å². The molecule has 0 spiro atoms. The molecule has 0 bridgehead atoms. The Morgan fingerprint density at radius 2 is 0.852 bits per heavy atom. The molecule has 8 aromatic carbocycles. The lowest BCUT2D eigenvalue weighted by Gasteiger charge is -2.12. The van der Waals surface area contributed by atoms with Gasteiger partial charge in [0.15, 0.2) is 17.5 Å². The predicted octanol–water partition coefficient (Wildman–Crippen LogP) is 12.2. The molecule has 11 aromatic rings. The zero-order valence-electron chi connectivity index (χ0n) is 29.1. The third-order valence-corrected chi connectivity index (χ3v) is 10.5. The fourth-order valence-electron chi connectivity index (χ4n) is 8.12. The minimum Gasteiger partial charge on any atom is -0.309 e. The van der Waals surface area contributed by atoms with E-state index in [2.05, 4.69) is 179 Å². The van der Waals surface area contributed by atoms with E-state index in [1.54, 1.807) is 0 Å². The van der Waals surface area contributed by atoms with Gasteiger partial charge in [-0.25, -0.2) is 15.0 Å². The maximum Gasteiger partial charge on any atom is 0.164 e. The molecule has 0 atom stereocenters. The molecule has 54 heavy (non-hydrogen) atoms. The molecular formula is C49H31N5. The summed E-state index contributed by atoms with van der Waals surface area (Å²) in [5.41, 5.74) is 9.52. The maximum atomic E-state index is 5.29. The summed E-state index contributed by atoms with van der Waals surface area (Å²) in [7, 11) is 0. The first-order valence-corrected chi connectivity index (χ1v) is 18.2. The Labute approximate surface area is 311 Å². The van der Waals surface area contributed by atoms with Crippen molar-refractivity contribution in [3.8, 4) is 45.5 Å². The van der Waals surface area contributed by atoms with Gasteiger partial charge in [-0.15, -0.1) is 0 Å². The second-order valence-electron chi connectivity index (χ2n) is 13.7. The minimum atomic E-state index is 0.621. The van der Waals surface area contributed by atoms with Gasteiger partial charge >= 0.3 is 0 Å². The van der Waals surface area contributed by atoms with Crippen LogP contribution in [0.15, 0.2) is 188 Å². The Hall–Kier alpha value is -7.37. The van der Waals surface area contributed by atoms with E-state index in [1.807, 2.05) is 18.2 Å². The number of benzene rings is 8. The fraction of sp³-hybridized carbons (Fsp3) is 0. The highest BCUT2D eigenvalue weighted by Crippen LogP contribution is 2.39. The number of aromatic nitrogens is 5. The average Bonchev–Trinajstić information content (AvgIpc) is 3.76. The van der Waals surface area contributed by atoms with Crippen LogP contribution in [-0.4, -0.2) is 24.1 Å². The van der Waals surface area contributed by atoms with Gasteiger partial charge in [0, 0.05) is 49.6 Å². The molecule has 0 aliphatic carbocycles. The quantitative estimate of drug-likeness (QED) is 0.181. The van der Waals surface area contributed by atoms with Crippen LogP contribution in [0.1, 0.15) is 0 Å². The first-order chi connectivity index (χ1) is 26.8. The van der Waals surface area contributed by atoms with Gasteiger partial charge in [0.05, 0.1) is 22.1 Å². The van der Waals surface area contributed by atoms with Crippen LogP contribution < -0.4 is 0 Å². The number of hydrogen-bond acceptors (Lipinski definition) is 3. The van der Waals surface area contributed by atoms with Crippen molar-refractivity contribution in [2.24, 2.45) is 0 Å². The Morgan fingerprint density at radius 3 is 1.65 bits per heavy atom. The highest BCUT2D eigenvalue weighted by atomic mass is 15.0. The molecule has 3 heterocycles. The van der Waals surface area contributed by atoms with Gasteiger partial charge in [-0.2, -0.15) is 0 Å². The topological polar surface area (TPSA) is 48.5 Å². The molecule has 0 saturated heterocycles. The van der Waals surface area contributed by atoms with Crippen molar-refractivity contribution in [1.29, 1.82) is 0 Å². The van der Waals surface area contributed by atoms with Crippen molar-refractivity contribution in [3.05, 3.63) is 188 Å². The van der Waals surface area contributed by atoms with Crippen molar-refractivity contribution < 1.29 is 0 Å². The summed E-state index contributed by atoms with van der Waals surface area (Å²) in [6.07, 6.45) is 0. The second kappa shape index (κ2) is 12.1. The zero-order chi connectivity index (χ0) is 35.6. The fourth-order valence-corrected chi connectivity index (χ4v) is 8.12. The summed E-state index contributed by atoms with van der Waals surface area (Å²) in [6.45, 7) is 0. The molecule has 0 saturated carbocycles. The summed E-state index contributed by atoms with van der Waals surface area (Å²) in [5.74, 6) is 1.89. The molecule has 5 nitrogen and oxygen atoms in total. The Bertz CT molecular complexity index is 3210. The highest BCUT2D eigenvalue weighted by molar-refractivity contribution is 6.16. The summed E-state index contributed by atoms with van der Waals surface area (Å²) < 4.78 is 4.69. The SMILES string of the molecule is c1ccc(-c2nc(-c3cccc(-n4c5ccccc5c5cc6ccccc6cc54)c3)nc(-c3cccc4c3c3ccccc3n4-c3ccccc3)n2)cc1. The van der Waals surface area contributed by atoms with Crippen LogP contribution in [0.5, 0.6) is 0 Å². The van der Waals surface area contributed by atoms with Gasteiger partial charge in [-0.1, -0.05) is 133 Å². The van der Waals surface area contributed by atoms with Gasteiger partial charge < -0.3 is 9.13 Å². The summed E-state index contributed by atoms with van der Waals surface area (Å²) >= 11 is 0. The summed E-state index contributed by atoms with van der Waals surface area (Å²) in [6, 6.07) is 66.1. The third kappa shape index (κ3) is 4.76. The third-order valence-electron chi connectivity index (χ3n) is 10.5. The molecule has 3 aromatic heterocycles. The van der Waals surface area contributed by atoms with E-state index >= 15 is 0 Å². The van der Waals surface area contributed by atoms with E-state index in [4.69, 9.17) is 15.0 Å². The van der Waals surface area contributed by atoms with E-state index in [-0.39, 0.29) is 0 Å². The smallest absolute Gasteiger partial charge is 0.164 e. The van der Waals surface area contributed by atoms with E-state index in [1.165, 1.54) is 21.5 Å². The van der Waals surface area contributed by atoms with Gasteiger partial charge in [0.25, 0.3) is 0 Å². The molecule has 0 fully saturated rings. The number of fused-ring (bicyclic) bond motifs is 7. The molecular weight excluding hydrogens is 659 g/mol.